The third-order valence-corrected chi connectivity index (χ3v) is 8.82. The van der Waals surface area contributed by atoms with Crippen LogP contribution in [-0.2, 0) is 9.59 Å². The Morgan fingerprint density at radius 2 is 1.76 bits per heavy atom. The molecular weight excluding hydrogens is 532 g/mol. The second-order valence-electron chi connectivity index (χ2n) is 11.9. The summed E-state index contributed by atoms with van der Waals surface area (Å²) in [6, 6.07) is -0.894. The Balaban J connectivity index is 0.00000400. The van der Waals surface area contributed by atoms with Gasteiger partial charge in [-0.1, -0.05) is 13.8 Å². The summed E-state index contributed by atoms with van der Waals surface area (Å²) in [5.74, 6) is 1.44. The van der Waals surface area contributed by atoms with E-state index in [2.05, 4.69) is 15.8 Å². The number of thioether (sulfide) groups is 1. The molecule has 1 atom stereocenters. The molecule has 0 spiro atoms. The van der Waals surface area contributed by atoms with Gasteiger partial charge in [0.05, 0.1) is 5.54 Å². The highest BCUT2D eigenvalue weighted by Gasteiger charge is 2.49. The molecule has 1 aromatic rings. The lowest BCUT2D eigenvalue weighted by Gasteiger charge is -2.54. The Morgan fingerprint density at radius 3 is 2.32 bits per heavy atom. The third kappa shape index (κ3) is 7.35. The van der Waals surface area contributed by atoms with Crippen molar-refractivity contribution in [3.05, 3.63) is 5.76 Å². The summed E-state index contributed by atoms with van der Waals surface area (Å²) in [7, 11) is 0. The monoisotopic (exact) mass is 572 g/mol. The first-order chi connectivity index (χ1) is 17.4. The number of aromatic nitrogens is 1. The van der Waals surface area contributed by atoms with E-state index < -0.39 is 17.6 Å². The predicted octanol–water partition coefficient (Wildman–Crippen LogP) is 3.62. The normalized spacial score (nSPS) is 26.5. The van der Waals surface area contributed by atoms with Crippen molar-refractivity contribution in [1.82, 2.24) is 15.8 Å². The topological polar surface area (TPSA) is 157 Å². The first-order valence-corrected chi connectivity index (χ1v) is 14.2. The van der Waals surface area contributed by atoms with E-state index in [0.717, 1.165) is 11.8 Å². The molecule has 5 rings (SSSR count). The van der Waals surface area contributed by atoms with Crippen molar-refractivity contribution in [2.24, 2.45) is 29.4 Å². The van der Waals surface area contributed by atoms with Gasteiger partial charge in [0.25, 0.3) is 11.8 Å². The van der Waals surface area contributed by atoms with Crippen LogP contribution in [-0.4, -0.2) is 57.5 Å². The van der Waals surface area contributed by atoms with Gasteiger partial charge < -0.3 is 30.7 Å². The van der Waals surface area contributed by atoms with Gasteiger partial charge in [0.2, 0.25) is 11.7 Å². The van der Waals surface area contributed by atoms with E-state index >= 15 is 0 Å². The highest BCUT2D eigenvalue weighted by Crippen LogP contribution is 2.53. The second kappa shape index (κ2) is 12.5. The number of hydrogen-bond acceptors (Lipinski definition) is 8. The number of hydrogen-bond donors (Lipinski definition) is 4. The molecule has 4 aliphatic carbocycles. The number of carbonyl (C=O) groups excluding carboxylic acids is 2. The van der Waals surface area contributed by atoms with Crippen LogP contribution >= 0.6 is 24.2 Å². The molecule has 0 aliphatic heterocycles. The maximum absolute atomic E-state index is 13.4. The Bertz CT molecular complexity index is 988. The molecule has 4 aliphatic rings. The molecule has 214 valence electrons. The van der Waals surface area contributed by atoms with Gasteiger partial charge in [0, 0.05) is 17.7 Å². The minimum Gasteiger partial charge on any atom is -0.480 e. The van der Waals surface area contributed by atoms with Gasteiger partial charge in [0.1, 0.15) is 17.5 Å². The van der Waals surface area contributed by atoms with Gasteiger partial charge in [-0.3, -0.25) is 14.4 Å². The van der Waals surface area contributed by atoms with Crippen molar-refractivity contribution in [3.8, 4) is 5.88 Å². The number of rotatable bonds is 12. The van der Waals surface area contributed by atoms with Crippen molar-refractivity contribution < 1.29 is 28.8 Å². The van der Waals surface area contributed by atoms with Crippen LogP contribution in [0.2, 0.25) is 0 Å². The van der Waals surface area contributed by atoms with E-state index in [1.165, 1.54) is 43.9 Å². The molecule has 4 saturated carbocycles. The summed E-state index contributed by atoms with van der Waals surface area (Å²) < 4.78 is 11.5. The Hall–Kier alpha value is -1.98. The van der Waals surface area contributed by atoms with Crippen LogP contribution in [0.4, 0.5) is 0 Å². The summed E-state index contributed by atoms with van der Waals surface area (Å²) in [5.41, 5.74) is 4.71. The van der Waals surface area contributed by atoms with Gasteiger partial charge >= 0.3 is 5.97 Å². The summed E-state index contributed by atoms with van der Waals surface area (Å²) in [4.78, 5) is 37.1. The van der Waals surface area contributed by atoms with Crippen LogP contribution in [0.5, 0.6) is 5.88 Å². The molecular formula is C26H41ClN4O6S. The fourth-order valence-electron chi connectivity index (χ4n) is 6.36. The number of nitrogens with two attached hydrogens (primary N) is 1. The summed E-state index contributed by atoms with van der Waals surface area (Å²) in [6.45, 7) is 7.70. The highest BCUT2D eigenvalue weighted by molar-refractivity contribution is 8.00. The SMILES string of the molecule is CC(C)Sc1c(OCC(C)(C)NC(=O)CC[C@H](N)C(=O)O)noc1C(=O)NC1C2CC3CC(C2)CC1C3.Cl. The summed E-state index contributed by atoms with van der Waals surface area (Å²) >= 11 is 1.46. The van der Waals surface area contributed by atoms with Crippen molar-refractivity contribution in [3.63, 3.8) is 0 Å². The lowest BCUT2D eigenvalue weighted by Crippen LogP contribution is -2.55. The Labute approximate surface area is 234 Å². The second-order valence-corrected chi connectivity index (χ2v) is 13.5. The molecule has 38 heavy (non-hydrogen) atoms. The van der Waals surface area contributed by atoms with E-state index in [9.17, 15) is 14.4 Å². The molecule has 1 aromatic heterocycles. The fraction of sp³-hybridized carbons (Fsp3) is 0.769. The number of ether oxygens (including phenoxy) is 1. The maximum atomic E-state index is 13.4. The molecule has 2 amide bonds. The van der Waals surface area contributed by atoms with Crippen LogP contribution in [0.15, 0.2) is 9.42 Å². The van der Waals surface area contributed by atoms with E-state index in [4.69, 9.17) is 20.1 Å². The smallest absolute Gasteiger partial charge is 0.320 e. The number of nitrogens with zero attached hydrogens (tertiary/aromatic N) is 1. The van der Waals surface area contributed by atoms with Crippen LogP contribution in [0, 0.1) is 23.7 Å². The number of nitrogens with one attached hydrogen (secondary N) is 2. The molecule has 5 N–H and O–H groups in total. The largest absolute Gasteiger partial charge is 0.480 e. The van der Waals surface area contributed by atoms with Crippen LogP contribution < -0.4 is 21.1 Å². The average molecular weight is 573 g/mol. The number of halogens is 1. The quantitative estimate of drug-likeness (QED) is 0.275. The number of carboxylic acid groups (broad SMARTS) is 1. The molecule has 4 fully saturated rings. The molecule has 0 unspecified atom stereocenters. The van der Waals surface area contributed by atoms with Gasteiger partial charge in [-0.25, -0.2) is 0 Å². The predicted molar refractivity (Wildman–Crippen MR) is 146 cm³/mol. The standard InChI is InChI=1S/C26H40N4O6S.ClH/c1-13(2)37-22-21(23(32)28-20-16-8-14-7-15(10-16)11-17(20)9-14)36-30-24(22)35-12-26(3,4)29-19(31)6-5-18(27)25(33)34;/h13-18,20H,5-12,27H2,1-4H3,(H,28,32)(H,29,31)(H,33,34);1H/t14?,15?,16?,17?,18-,20?;/m0./s1. The van der Waals surface area contributed by atoms with Crippen LogP contribution in [0.3, 0.4) is 0 Å². The Kier molecular flexibility index (Phi) is 10.0. The lowest BCUT2D eigenvalue weighted by molar-refractivity contribution is -0.138. The van der Waals surface area contributed by atoms with Crippen molar-refractivity contribution >= 4 is 42.0 Å². The zero-order valence-electron chi connectivity index (χ0n) is 22.5. The number of carboxylic acids is 1. The van der Waals surface area contributed by atoms with E-state index in [1.807, 2.05) is 13.8 Å². The molecule has 0 radical (unpaired) electrons. The van der Waals surface area contributed by atoms with Gasteiger partial charge in [-0.15, -0.1) is 24.2 Å². The molecule has 10 nitrogen and oxygen atoms in total. The number of carbonyl (C=O) groups is 3. The zero-order chi connectivity index (χ0) is 26.9. The number of amides is 2. The maximum Gasteiger partial charge on any atom is 0.320 e. The van der Waals surface area contributed by atoms with Crippen molar-refractivity contribution in [2.45, 2.75) is 100 Å². The fourth-order valence-corrected chi connectivity index (χ4v) is 7.26. The minimum absolute atomic E-state index is 0. The van der Waals surface area contributed by atoms with Crippen LogP contribution in [0.1, 0.15) is 83.2 Å². The lowest BCUT2D eigenvalue weighted by atomic mass is 9.54. The van der Waals surface area contributed by atoms with Crippen molar-refractivity contribution in [1.29, 1.82) is 0 Å². The molecule has 4 bridgehead atoms. The number of aliphatic carboxylic acids is 1. The summed E-state index contributed by atoms with van der Waals surface area (Å²) in [6.07, 6.45) is 6.22. The zero-order valence-corrected chi connectivity index (χ0v) is 24.2. The Morgan fingerprint density at radius 1 is 1.16 bits per heavy atom. The van der Waals surface area contributed by atoms with Crippen molar-refractivity contribution in [2.75, 3.05) is 6.61 Å². The van der Waals surface area contributed by atoms with Gasteiger partial charge in [-0.2, -0.15) is 0 Å². The van der Waals surface area contributed by atoms with E-state index in [1.54, 1.807) is 13.8 Å². The average Bonchev–Trinajstić information content (AvgIpc) is 3.19. The first-order valence-electron chi connectivity index (χ1n) is 13.3. The molecule has 0 aromatic carbocycles. The van der Waals surface area contributed by atoms with Crippen LogP contribution in [0.25, 0.3) is 0 Å². The highest BCUT2D eigenvalue weighted by atomic mass is 35.5. The van der Waals surface area contributed by atoms with E-state index in [-0.39, 0.29) is 66.6 Å². The molecule has 1 heterocycles. The molecule has 0 saturated heterocycles. The minimum atomic E-state index is -1.14. The van der Waals surface area contributed by atoms with E-state index in [0.29, 0.717) is 16.7 Å². The summed E-state index contributed by atoms with van der Waals surface area (Å²) in [5, 5.41) is 19.2. The van der Waals surface area contributed by atoms with Gasteiger partial charge in [-0.05, 0) is 81.2 Å². The van der Waals surface area contributed by atoms with Gasteiger partial charge in [0.15, 0.2) is 0 Å². The molecule has 12 heteroatoms. The first kappa shape index (κ1) is 30.6. The third-order valence-electron chi connectivity index (χ3n) is 7.75.